The van der Waals surface area contributed by atoms with Gasteiger partial charge in [-0.25, -0.2) is 4.98 Å². The highest BCUT2D eigenvalue weighted by Crippen LogP contribution is 1.98. The Labute approximate surface area is 73.2 Å². The molecule has 0 amide bonds. The molecule has 1 heterocycles. The van der Waals surface area contributed by atoms with Crippen LogP contribution in [0.25, 0.3) is 0 Å². The molecule has 1 rings (SSSR count). The van der Waals surface area contributed by atoms with Crippen molar-refractivity contribution in [1.82, 2.24) is 9.97 Å². The molecule has 4 nitrogen and oxygen atoms in total. The second-order valence-corrected chi connectivity index (χ2v) is 2.95. The van der Waals surface area contributed by atoms with E-state index in [1.54, 1.807) is 12.5 Å². The first-order valence-corrected chi connectivity index (χ1v) is 4.51. The molecule has 2 atom stereocenters. The number of carbonyl (C=O) groups is 1. The topological polar surface area (TPSA) is 71.8 Å². The number of carbonyl (C=O) groups excluding carboxylic acids is 1. The van der Waals surface area contributed by atoms with E-state index in [9.17, 15) is 4.79 Å². The van der Waals surface area contributed by atoms with Crippen LogP contribution in [0.5, 0.6) is 0 Å². The highest BCUT2D eigenvalue weighted by Gasteiger charge is 2.12. The minimum atomic E-state index is -0.425. The Hall–Kier alpha value is -0.730. The van der Waals surface area contributed by atoms with E-state index < -0.39 is 6.04 Å². The molecular weight excluding hydrogens is 173 g/mol. The van der Waals surface area contributed by atoms with Gasteiger partial charge in [-0.1, -0.05) is 0 Å². The summed E-state index contributed by atoms with van der Waals surface area (Å²) in [5.74, 6) is 0.0444. The number of nitrogens with two attached hydrogens (primary N) is 1. The molecule has 0 bridgehead atoms. The molecule has 1 aromatic heterocycles. The summed E-state index contributed by atoms with van der Waals surface area (Å²) in [4.78, 5) is 17.8. The fraction of sp³-hybridized carbons (Fsp3) is 0.429. The summed E-state index contributed by atoms with van der Waals surface area (Å²) in [5, 5.41) is 0. The average molecular weight is 185 g/mol. The largest absolute Gasteiger partial charge is 0.351 e. The van der Waals surface area contributed by atoms with Gasteiger partial charge in [-0.2, -0.15) is 0 Å². The molecule has 0 aliphatic rings. The molecule has 66 valence electrons. The first kappa shape index (κ1) is 9.36. The minimum Gasteiger partial charge on any atom is -0.351 e. The number of Topliss-reactive ketones (excluding diaryl/α,β-unsaturated/α-hetero) is 1. The van der Waals surface area contributed by atoms with Crippen molar-refractivity contribution in [2.45, 2.75) is 12.5 Å². The summed E-state index contributed by atoms with van der Waals surface area (Å²) < 4.78 is 0. The Morgan fingerprint density at radius 2 is 2.58 bits per heavy atom. The van der Waals surface area contributed by atoms with E-state index in [0.29, 0.717) is 12.6 Å². The maximum Gasteiger partial charge on any atom is 0.153 e. The van der Waals surface area contributed by atoms with Crippen LogP contribution in [0.2, 0.25) is 0 Å². The lowest BCUT2D eigenvalue weighted by Crippen LogP contribution is -2.33. The lowest BCUT2D eigenvalue weighted by atomic mass is 10.1. The predicted molar refractivity (Wildman–Crippen MR) is 49.9 cm³/mol. The van der Waals surface area contributed by atoms with Crippen molar-refractivity contribution in [2.24, 2.45) is 5.73 Å². The number of hydrogen-bond acceptors (Lipinski definition) is 3. The Morgan fingerprint density at radius 3 is 3.08 bits per heavy atom. The van der Waals surface area contributed by atoms with Gasteiger partial charge < -0.3 is 10.7 Å². The normalized spacial score (nSPS) is 12.8. The summed E-state index contributed by atoms with van der Waals surface area (Å²) in [5.41, 5.74) is 6.43. The van der Waals surface area contributed by atoms with Crippen LogP contribution in [0.15, 0.2) is 12.5 Å². The van der Waals surface area contributed by atoms with Gasteiger partial charge >= 0.3 is 0 Å². The van der Waals surface area contributed by atoms with Gasteiger partial charge in [0.1, 0.15) is 0 Å². The SMILES string of the molecule is N[C@@H](Cc1c[nH]cn1)C(=O)CP. The third-order valence-electron chi connectivity index (χ3n) is 1.60. The summed E-state index contributed by atoms with van der Waals surface area (Å²) in [6.45, 7) is 0. The fourth-order valence-corrected chi connectivity index (χ4v) is 1.20. The maximum atomic E-state index is 11.1. The highest BCUT2D eigenvalue weighted by molar-refractivity contribution is 7.18. The summed E-state index contributed by atoms with van der Waals surface area (Å²) in [7, 11) is 2.37. The lowest BCUT2D eigenvalue weighted by Gasteiger charge is -2.05. The van der Waals surface area contributed by atoms with E-state index in [2.05, 4.69) is 19.2 Å². The van der Waals surface area contributed by atoms with Crippen LogP contribution in [0.3, 0.4) is 0 Å². The molecule has 0 saturated heterocycles. The zero-order valence-corrected chi connectivity index (χ0v) is 7.81. The minimum absolute atomic E-state index is 0.0444. The molecule has 1 unspecified atom stereocenters. The molecule has 3 N–H and O–H groups in total. The highest BCUT2D eigenvalue weighted by atomic mass is 31.0. The number of nitrogens with zero attached hydrogens (tertiary/aromatic N) is 1. The van der Waals surface area contributed by atoms with Gasteiger partial charge in [0.05, 0.1) is 18.1 Å². The van der Waals surface area contributed by atoms with Gasteiger partial charge in [0.15, 0.2) is 5.78 Å². The number of imidazole rings is 1. The first-order chi connectivity index (χ1) is 5.74. The number of ketones is 1. The van der Waals surface area contributed by atoms with Gasteiger partial charge in [-0.15, -0.1) is 9.24 Å². The fourth-order valence-electron chi connectivity index (χ4n) is 0.893. The Morgan fingerprint density at radius 1 is 1.83 bits per heavy atom. The van der Waals surface area contributed by atoms with Crippen molar-refractivity contribution in [3.05, 3.63) is 18.2 Å². The van der Waals surface area contributed by atoms with Gasteiger partial charge in [-0.05, 0) is 0 Å². The number of hydrogen-bond donors (Lipinski definition) is 2. The maximum absolute atomic E-state index is 11.1. The molecule has 12 heavy (non-hydrogen) atoms. The lowest BCUT2D eigenvalue weighted by molar-refractivity contribution is -0.117. The number of rotatable bonds is 4. The molecule has 5 heteroatoms. The molecule has 0 fully saturated rings. The van der Waals surface area contributed by atoms with Crippen LogP contribution in [0.4, 0.5) is 0 Å². The van der Waals surface area contributed by atoms with Crippen molar-refractivity contribution < 1.29 is 4.79 Å². The van der Waals surface area contributed by atoms with Crippen LogP contribution in [-0.4, -0.2) is 28.0 Å². The van der Waals surface area contributed by atoms with Crippen molar-refractivity contribution in [2.75, 3.05) is 6.16 Å². The van der Waals surface area contributed by atoms with Crippen molar-refractivity contribution in [3.8, 4) is 0 Å². The smallest absolute Gasteiger partial charge is 0.153 e. The molecule has 1 aromatic rings. The Bertz CT molecular complexity index is 247. The monoisotopic (exact) mass is 185 g/mol. The van der Waals surface area contributed by atoms with Gasteiger partial charge in [0.25, 0.3) is 0 Å². The number of H-pyrrole nitrogens is 1. The van der Waals surface area contributed by atoms with Crippen LogP contribution in [0, 0.1) is 0 Å². The van der Waals surface area contributed by atoms with Crippen molar-refractivity contribution in [1.29, 1.82) is 0 Å². The third kappa shape index (κ3) is 2.40. The molecule has 0 aliphatic carbocycles. The molecule has 0 aromatic carbocycles. The van der Waals surface area contributed by atoms with Gasteiger partial charge in [0, 0.05) is 18.8 Å². The van der Waals surface area contributed by atoms with E-state index in [1.165, 1.54) is 0 Å². The van der Waals surface area contributed by atoms with E-state index >= 15 is 0 Å². The molecule has 0 radical (unpaired) electrons. The number of aromatic amines is 1. The standard InChI is InChI=1S/C7H12N3OP/c8-6(7(11)3-12)1-5-2-9-4-10-5/h2,4,6H,1,3,8,12H2,(H,9,10)/t6-/m0/s1. The van der Waals surface area contributed by atoms with Crippen molar-refractivity contribution >= 4 is 15.0 Å². The summed E-state index contributed by atoms with van der Waals surface area (Å²) in [6, 6.07) is -0.425. The number of nitrogens with one attached hydrogen (secondary N) is 1. The van der Waals surface area contributed by atoms with Gasteiger partial charge in [0.2, 0.25) is 0 Å². The molecule has 0 aliphatic heterocycles. The second kappa shape index (κ2) is 4.33. The van der Waals surface area contributed by atoms with E-state index in [1.807, 2.05) is 0 Å². The zero-order chi connectivity index (χ0) is 8.97. The van der Waals surface area contributed by atoms with Crippen LogP contribution in [0.1, 0.15) is 5.69 Å². The van der Waals surface area contributed by atoms with E-state index in [0.717, 1.165) is 5.69 Å². The first-order valence-electron chi connectivity index (χ1n) is 3.70. The van der Waals surface area contributed by atoms with Crippen LogP contribution < -0.4 is 5.73 Å². The van der Waals surface area contributed by atoms with Crippen LogP contribution >= 0.6 is 9.24 Å². The third-order valence-corrected chi connectivity index (χ3v) is 2.00. The summed E-state index contributed by atoms with van der Waals surface area (Å²) in [6.07, 6.45) is 4.24. The second-order valence-electron chi connectivity index (χ2n) is 2.54. The quantitative estimate of drug-likeness (QED) is 0.634. The number of aromatic nitrogens is 2. The average Bonchev–Trinajstić information content (AvgIpc) is 2.55. The Balaban J connectivity index is 2.47. The zero-order valence-electron chi connectivity index (χ0n) is 6.66. The molecule has 0 saturated carbocycles. The van der Waals surface area contributed by atoms with E-state index in [4.69, 9.17) is 5.73 Å². The summed E-state index contributed by atoms with van der Waals surface area (Å²) >= 11 is 0. The predicted octanol–water partition coefficient (Wildman–Crippen LogP) is -0.276. The van der Waals surface area contributed by atoms with Crippen molar-refractivity contribution in [3.63, 3.8) is 0 Å². The van der Waals surface area contributed by atoms with Gasteiger partial charge in [-0.3, -0.25) is 4.79 Å². The Kier molecular flexibility index (Phi) is 3.38. The molecular formula is C7H12N3OP. The van der Waals surface area contributed by atoms with Crippen LogP contribution in [-0.2, 0) is 11.2 Å². The van der Waals surface area contributed by atoms with E-state index in [-0.39, 0.29) is 5.78 Å². The molecule has 0 spiro atoms.